The summed E-state index contributed by atoms with van der Waals surface area (Å²) in [6.45, 7) is 5.72. The van der Waals surface area contributed by atoms with Gasteiger partial charge >= 0.3 is 12.0 Å². The number of pyridine rings is 2. The molecule has 5 N–H and O–H groups in total. The predicted octanol–water partition coefficient (Wildman–Crippen LogP) is 7.28. The number of thiophene rings is 1. The second-order valence-corrected chi connectivity index (χ2v) is 22.3. The summed E-state index contributed by atoms with van der Waals surface area (Å²) < 4.78 is 81.7. The van der Waals surface area contributed by atoms with E-state index in [0.717, 1.165) is 29.9 Å². The molecule has 5 aliphatic rings. The summed E-state index contributed by atoms with van der Waals surface area (Å²) in [5.41, 5.74) is 4.13. The number of nitriles is 2. The topological polar surface area (TPSA) is 258 Å². The normalized spacial score (nSPS) is 21.6. The molecule has 5 atom stereocenters. The monoisotopic (exact) mass is 1150 g/mol. The number of hydrogen-bond acceptors (Lipinski definition) is 18. The minimum Gasteiger partial charge on any atom is -0.461 e. The zero-order valence-electron chi connectivity index (χ0n) is 43.1. The van der Waals surface area contributed by atoms with Crippen molar-refractivity contribution in [3.05, 3.63) is 110 Å². The Hall–Kier alpha value is -7.97. The van der Waals surface area contributed by atoms with Crippen molar-refractivity contribution in [3.63, 3.8) is 0 Å². The summed E-state index contributed by atoms with van der Waals surface area (Å²) in [5.74, 6) is -3.77. The number of nitrogens with two attached hydrogens (primary N) is 1. The van der Waals surface area contributed by atoms with Crippen LogP contribution in [0.4, 0.5) is 34.1 Å². The van der Waals surface area contributed by atoms with Crippen LogP contribution in [0.2, 0.25) is 5.02 Å². The van der Waals surface area contributed by atoms with E-state index in [4.69, 9.17) is 36.5 Å². The van der Waals surface area contributed by atoms with Crippen molar-refractivity contribution in [1.82, 2.24) is 29.3 Å². The van der Waals surface area contributed by atoms with Crippen LogP contribution in [0.1, 0.15) is 61.3 Å². The predicted molar refractivity (Wildman–Crippen MR) is 290 cm³/mol. The molecule has 0 aliphatic carbocycles. The fourth-order valence-electron chi connectivity index (χ4n) is 12.2. The number of carbonyl (C=O) groups excluding carboxylic acids is 2. The van der Waals surface area contributed by atoms with E-state index < -0.39 is 71.3 Å². The average molecular weight is 1150 g/mol. The number of cyclic esters (lactones) is 1. The molecule has 9 heterocycles. The number of piperazine rings is 1. The van der Waals surface area contributed by atoms with Crippen LogP contribution in [0.25, 0.3) is 54.4 Å². The van der Waals surface area contributed by atoms with Crippen molar-refractivity contribution < 1.29 is 51.6 Å². The zero-order chi connectivity index (χ0) is 57.0. The van der Waals surface area contributed by atoms with E-state index in [-0.39, 0.29) is 153 Å². The summed E-state index contributed by atoms with van der Waals surface area (Å²) in [5, 5.41) is 45.4. The van der Waals surface area contributed by atoms with Crippen molar-refractivity contribution in [2.75, 3.05) is 61.9 Å². The van der Waals surface area contributed by atoms with E-state index in [1.807, 2.05) is 11.0 Å². The van der Waals surface area contributed by atoms with Crippen LogP contribution >= 0.6 is 22.9 Å². The van der Waals surface area contributed by atoms with E-state index in [2.05, 4.69) is 27.9 Å². The fourth-order valence-corrected chi connectivity index (χ4v) is 13.4. The number of ether oxygens (including phenoxy) is 3. The molecule has 5 aliphatic heterocycles. The van der Waals surface area contributed by atoms with Gasteiger partial charge in [0.1, 0.15) is 53.4 Å². The lowest BCUT2D eigenvalue weighted by Gasteiger charge is -2.41. The molecule has 3 aromatic carbocycles. The molecule has 81 heavy (non-hydrogen) atoms. The summed E-state index contributed by atoms with van der Waals surface area (Å²) in [6, 6.07) is 12.7. The number of nitrogens with zero attached hydrogens (tertiary/aromatic N) is 9. The number of rotatable bonds is 13. The molecule has 7 aromatic rings. The summed E-state index contributed by atoms with van der Waals surface area (Å²) in [4.78, 5) is 59.5. The number of halogens is 5. The number of aliphatic hydroxyl groups is 2. The maximum Gasteiger partial charge on any atom is 0.343 e. The molecule has 3 saturated heterocycles. The first-order chi connectivity index (χ1) is 38.8. The van der Waals surface area contributed by atoms with Crippen molar-refractivity contribution in [3.8, 4) is 40.7 Å². The van der Waals surface area contributed by atoms with Crippen molar-refractivity contribution in [1.29, 1.82) is 10.5 Å². The summed E-state index contributed by atoms with van der Waals surface area (Å²) >= 11 is 7.80. The number of alkyl halides is 1. The van der Waals surface area contributed by atoms with Gasteiger partial charge in [-0.3, -0.25) is 14.5 Å². The number of fused-ring (bicyclic) bond motifs is 8. The van der Waals surface area contributed by atoms with E-state index >= 15 is 13.2 Å². The van der Waals surface area contributed by atoms with Gasteiger partial charge in [-0.25, -0.2) is 27.3 Å². The molecule has 0 saturated carbocycles. The van der Waals surface area contributed by atoms with Crippen molar-refractivity contribution in [2.45, 2.75) is 81.9 Å². The number of nitrogens with one attached hydrogen (secondary N) is 1. The van der Waals surface area contributed by atoms with Crippen molar-refractivity contribution in [2.24, 2.45) is 0 Å². The van der Waals surface area contributed by atoms with Crippen LogP contribution in [0.3, 0.4) is 0 Å². The number of anilines is 3. The molecule has 1 amide bonds. The van der Waals surface area contributed by atoms with Crippen LogP contribution in [0, 0.1) is 40.1 Å². The molecule has 3 fully saturated rings. The fraction of sp³-hybridized carbons (Fsp3) is 0.357. The van der Waals surface area contributed by atoms with Gasteiger partial charge < -0.3 is 49.8 Å². The number of amides is 1. The Balaban J connectivity index is 0.774. The maximum atomic E-state index is 17.5. The Kier molecular flexibility index (Phi) is 13.4. The van der Waals surface area contributed by atoms with E-state index in [1.165, 1.54) is 27.7 Å². The third-order valence-electron chi connectivity index (χ3n) is 16.2. The molecule has 0 spiro atoms. The van der Waals surface area contributed by atoms with Gasteiger partial charge in [0.2, 0.25) is 6.41 Å². The Morgan fingerprint density at radius 2 is 1.91 bits per heavy atom. The molecule has 4 aromatic heterocycles. The van der Waals surface area contributed by atoms with Crippen LogP contribution in [-0.4, -0.2) is 122 Å². The van der Waals surface area contributed by atoms with Gasteiger partial charge in [0.05, 0.1) is 80.7 Å². The molecular weight excluding hydrogens is 1100 g/mol. The largest absolute Gasteiger partial charge is 0.461 e. The zero-order valence-corrected chi connectivity index (χ0v) is 44.7. The lowest BCUT2D eigenvalue weighted by Crippen LogP contribution is -2.56. The quantitative estimate of drug-likeness (QED) is 0.0383. The third kappa shape index (κ3) is 8.83. The molecular formula is C56H48ClF4N11O8S. The molecule has 12 rings (SSSR count). The van der Waals surface area contributed by atoms with Gasteiger partial charge in [-0.05, 0) is 61.7 Å². The number of aromatic nitrogens is 4. The van der Waals surface area contributed by atoms with Gasteiger partial charge in [0.25, 0.3) is 11.5 Å². The Morgan fingerprint density at radius 3 is 2.69 bits per heavy atom. The minimum atomic E-state index is -2.02. The summed E-state index contributed by atoms with van der Waals surface area (Å²) in [7, 11) is 0. The second-order valence-electron chi connectivity index (χ2n) is 20.9. The number of aliphatic hydroxyl groups excluding tert-OH is 1. The standard InChI is InChI=1S/C56H48ClF4N11O8S/c1-3-56(77)35-16-41-45-28(20-72(41)51(74)34(35)24-78-52(56)75)13-27-14-40(38(60)17-39(27)65-45)66-54(76)79-23-26(2)50(73)71-12-11-69(22-30(71)7-9-62)49-32-15-36(57)43(31-5-6-37(59)47-42(31)33(19-63)48(64)81-47)44(61)46(32)67-53(68-49)80-25-55-8-4-10-70(55)21-29(58)18-55/h5-6,13-17,29-30,54,66,76-77H,2-4,7-8,10-12,18,20-25,64H2,1H3/t29-,30+,54?,55+,56+/m1/s1. The highest BCUT2D eigenvalue weighted by molar-refractivity contribution is 7.23. The second kappa shape index (κ2) is 20.2. The van der Waals surface area contributed by atoms with Gasteiger partial charge in [-0.1, -0.05) is 31.2 Å². The van der Waals surface area contributed by atoms with Crippen LogP contribution in [-0.2, 0) is 37.8 Å². The van der Waals surface area contributed by atoms with Crippen LogP contribution in [0.5, 0.6) is 6.01 Å². The first-order valence-electron chi connectivity index (χ1n) is 25.9. The lowest BCUT2D eigenvalue weighted by atomic mass is 9.86. The molecule has 0 bridgehead atoms. The van der Waals surface area contributed by atoms with Gasteiger partial charge in [0, 0.05) is 77.1 Å². The molecule has 25 heteroatoms. The number of benzene rings is 3. The van der Waals surface area contributed by atoms with Gasteiger partial charge in [-0.15, -0.1) is 11.3 Å². The first kappa shape index (κ1) is 53.7. The smallest absolute Gasteiger partial charge is 0.343 e. The highest BCUT2D eigenvalue weighted by Gasteiger charge is 2.50. The Bertz CT molecular complexity index is 4040. The number of nitrogen functional groups attached to an aromatic ring is 1. The van der Waals surface area contributed by atoms with Crippen LogP contribution < -0.4 is 26.2 Å². The first-order valence-corrected chi connectivity index (χ1v) is 27.1. The number of carbonyl (C=O) groups is 2. The highest BCUT2D eigenvalue weighted by Crippen LogP contribution is 2.47. The number of esters is 1. The molecule has 19 nitrogen and oxygen atoms in total. The van der Waals surface area contributed by atoms with Crippen LogP contribution in [0.15, 0.2) is 59.4 Å². The third-order valence-corrected chi connectivity index (χ3v) is 17.6. The minimum absolute atomic E-state index is 0.0000421. The molecule has 0 radical (unpaired) electrons. The van der Waals surface area contributed by atoms with Crippen molar-refractivity contribution >= 4 is 83.2 Å². The van der Waals surface area contributed by atoms with E-state index in [1.54, 1.807) is 24.0 Å². The van der Waals surface area contributed by atoms with Gasteiger partial charge in [0.15, 0.2) is 11.4 Å². The molecule has 1 unspecified atom stereocenters. The van der Waals surface area contributed by atoms with E-state index in [0.29, 0.717) is 35.3 Å². The average Bonchev–Trinajstić information content (AvgIpc) is 4.27. The maximum absolute atomic E-state index is 17.5. The SMILES string of the molecule is C=C(COC(O)Nc1cc2cc3c(nc2cc1F)-c1cc2c(c(=O)n1C3)COC(=O)[C@]2(O)CC)C(=O)N1CCN(c2nc(OC[C@@]34CCCN3C[C@H](F)C4)nc3c(F)c(-c4ccc(F)c5sc(N)c(C#N)c45)c(Cl)cc23)C[C@@H]1CC#N. The molecule has 416 valence electrons. The number of hydrogen-bond donors (Lipinski definition) is 4. The summed E-state index contributed by atoms with van der Waals surface area (Å²) in [6.07, 6.45) is -1.42. The highest BCUT2D eigenvalue weighted by atomic mass is 35.5. The van der Waals surface area contributed by atoms with E-state index in [9.17, 15) is 39.5 Å². The van der Waals surface area contributed by atoms with Gasteiger partial charge in [-0.2, -0.15) is 20.5 Å². The lowest BCUT2D eigenvalue weighted by molar-refractivity contribution is -0.172. The Labute approximate surface area is 466 Å². The Morgan fingerprint density at radius 1 is 1.10 bits per heavy atom.